The van der Waals surface area contributed by atoms with Gasteiger partial charge in [-0.3, -0.25) is 14.2 Å². The molecule has 32 heavy (non-hydrogen) atoms. The number of carbonyl (C=O) groups is 2. The van der Waals surface area contributed by atoms with Crippen molar-refractivity contribution in [2.75, 3.05) is 17.7 Å². The molecule has 0 saturated heterocycles. The van der Waals surface area contributed by atoms with E-state index < -0.39 is 0 Å². The molecule has 0 radical (unpaired) electrons. The molecule has 1 aliphatic rings. The van der Waals surface area contributed by atoms with Gasteiger partial charge in [0.1, 0.15) is 4.83 Å². The molecule has 9 heteroatoms. The summed E-state index contributed by atoms with van der Waals surface area (Å²) in [6.45, 7) is 2.07. The number of rotatable bonds is 7. The zero-order valence-electron chi connectivity index (χ0n) is 18.1. The van der Waals surface area contributed by atoms with Crippen LogP contribution in [0.4, 0.5) is 5.69 Å². The summed E-state index contributed by atoms with van der Waals surface area (Å²) >= 11 is 3.04. The zero-order chi connectivity index (χ0) is 22.7. The normalized spacial score (nSPS) is 13.1. The first-order valence-corrected chi connectivity index (χ1v) is 12.5. The van der Waals surface area contributed by atoms with Crippen molar-refractivity contribution < 1.29 is 14.3 Å². The summed E-state index contributed by atoms with van der Waals surface area (Å²) in [6.07, 6.45) is 4.56. The zero-order valence-corrected chi connectivity index (χ0v) is 19.7. The van der Waals surface area contributed by atoms with Crippen LogP contribution in [0.15, 0.2) is 34.2 Å². The summed E-state index contributed by atoms with van der Waals surface area (Å²) in [6, 6.07) is 6.60. The van der Waals surface area contributed by atoms with Gasteiger partial charge in [-0.1, -0.05) is 11.8 Å². The van der Waals surface area contributed by atoms with Crippen molar-refractivity contribution in [3.63, 3.8) is 0 Å². The van der Waals surface area contributed by atoms with E-state index in [0.717, 1.165) is 29.5 Å². The minimum Gasteiger partial charge on any atom is -0.462 e. The predicted molar refractivity (Wildman–Crippen MR) is 128 cm³/mol. The maximum Gasteiger partial charge on any atom is 0.338 e. The summed E-state index contributed by atoms with van der Waals surface area (Å²) in [4.78, 5) is 43.8. The molecule has 2 aromatic heterocycles. The Morgan fingerprint density at radius 3 is 2.72 bits per heavy atom. The topological polar surface area (TPSA) is 90.3 Å². The second-order valence-electron chi connectivity index (χ2n) is 7.59. The molecule has 1 N–H and O–H groups in total. The quantitative estimate of drug-likeness (QED) is 0.316. The van der Waals surface area contributed by atoms with E-state index in [1.54, 1.807) is 54.1 Å². The Balaban J connectivity index is 1.37. The van der Waals surface area contributed by atoms with Crippen LogP contribution >= 0.6 is 23.1 Å². The number of thioether (sulfide) groups is 1. The minimum absolute atomic E-state index is 0.00282. The Bertz CT molecular complexity index is 1210. The number of nitrogens with zero attached hydrogens (tertiary/aromatic N) is 2. The number of esters is 1. The summed E-state index contributed by atoms with van der Waals surface area (Å²) in [5.74, 6) is -0.0219. The van der Waals surface area contributed by atoms with Crippen LogP contribution in [0.25, 0.3) is 10.2 Å². The molecule has 2 heterocycles. The van der Waals surface area contributed by atoms with Gasteiger partial charge >= 0.3 is 5.97 Å². The lowest BCUT2D eigenvalue weighted by Crippen LogP contribution is -2.21. The molecule has 7 nitrogen and oxygen atoms in total. The van der Waals surface area contributed by atoms with E-state index in [1.807, 2.05) is 0 Å². The summed E-state index contributed by atoms with van der Waals surface area (Å²) < 4.78 is 6.55. The SMILES string of the molecule is CCOC(=O)c1ccc(NC(=O)CCSc2nc3sc4c(c3c(=O)n2C)CCCC4)cc1. The van der Waals surface area contributed by atoms with Crippen LogP contribution in [0.3, 0.4) is 0 Å². The third kappa shape index (κ3) is 4.73. The lowest BCUT2D eigenvalue weighted by molar-refractivity contribution is -0.115. The second-order valence-corrected chi connectivity index (χ2v) is 9.74. The summed E-state index contributed by atoms with van der Waals surface area (Å²) in [5, 5.41) is 4.23. The third-order valence-electron chi connectivity index (χ3n) is 5.40. The summed E-state index contributed by atoms with van der Waals surface area (Å²) in [7, 11) is 1.75. The molecule has 1 aromatic carbocycles. The van der Waals surface area contributed by atoms with Crippen LogP contribution in [-0.2, 0) is 29.4 Å². The molecule has 0 spiro atoms. The van der Waals surface area contributed by atoms with Gasteiger partial charge in [-0.2, -0.15) is 0 Å². The van der Waals surface area contributed by atoms with Crippen molar-refractivity contribution in [3.8, 4) is 0 Å². The van der Waals surface area contributed by atoms with Crippen molar-refractivity contribution in [2.45, 2.75) is 44.2 Å². The molecule has 168 valence electrons. The van der Waals surface area contributed by atoms with Crippen molar-refractivity contribution in [1.29, 1.82) is 0 Å². The van der Waals surface area contributed by atoms with Crippen LogP contribution in [0.1, 0.15) is 47.0 Å². The molecule has 0 bridgehead atoms. The lowest BCUT2D eigenvalue weighted by atomic mass is 9.97. The average molecular weight is 472 g/mol. The van der Waals surface area contributed by atoms with E-state index in [1.165, 1.54) is 28.6 Å². The maximum atomic E-state index is 12.9. The van der Waals surface area contributed by atoms with Gasteiger partial charge in [-0.25, -0.2) is 9.78 Å². The Morgan fingerprint density at radius 2 is 1.97 bits per heavy atom. The number of hydrogen-bond donors (Lipinski definition) is 1. The van der Waals surface area contributed by atoms with Gasteiger partial charge in [0.05, 0.1) is 17.6 Å². The first kappa shape index (κ1) is 22.5. The van der Waals surface area contributed by atoms with Gasteiger partial charge < -0.3 is 10.1 Å². The van der Waals surface area contributed by atoms with Crippen LogP contribution < -0.4 is 10.9 Å². The second kappa shape index (κ2) is 9.87. The minimum atomic E-state index is -0.386. The number of nitrogens with one attached hydrogen (secondary N) is 1. The predicted octanol–water partition coefficient (Wildman–Crippen LogP) is 4.17. The van der Waals surface area contributed by atoms with Crippen LogP contribution in [-0.4, -0.2) is 33.8 Å². The Labute approximate surface area is 194 Å². The first-order chi connectivity index (χ1) is 15.5. The third-order valence-corrected chi connectivity index (χ3v) is 7.61. The first-order valence-electron chi connectivity index (χ1n) is 10.7. The van der Waals surface area contributed by atoms with Gasteiger partial charge in [0.2, 0.25) is 5.91 Å². The highest BCUT2D eigenvalue weighted by Crippen LogP contribution is 2.34. The Hall–Kier alpha value is -2.65. The van der Waals surface area contributed by atoms with Crippen molar-refractivity contribution in [2.24, 2.45) is 7.05 Å². The summed E-state index contributed by atoms with van der Waals surface area (Å²) in [5.41, 5.74) is 2.25. The number of amides is 1. The number of thiophene rings is 1. The molecule has 0 fully saturated rings. The monoisotopic (exact) mass is 471 g/mol. The highest BCUT2D eigenvalue weighted by atomic mass is 32.2. The highest BCUT2D eigenvalue weighted by Gasteiger charge is 2.21. The van der Waals surface area contributed by atoms with E-state index in [2.05, 4.69) is 5.32 Å². The van der Waals surface area contributed by atoms with Gasteiger partial charge in [0.25, 0.3) is 5.56 Å². The molecule has 3 aromatic rings. The Morgan fingerprint density at radius 1 is 1.22 bits per heavy atom. The number of anilines is 1. The Kier molecular flexibility index (Phi) is 6.95. The van der Waals surface area contributed by atoms with E-state index >= 15 is 0 Å². The number of carbonyl (C=O) groups excluding carboxylic acids is 2. The average Bonchev–Trinajstić information content (AvgIpc) is 3.16. The number of fused-ring (bicyclic) bond motifs is 3. The van der Waals surface area contributed by atoms with E-state index in [0.29, 0.717) is 28.8 Å². The van der Waals surface area contributed by atoms with Gasteiger partial charge in [-0.15, -0.1) is 11.3 Å². The van der Waals surface area contributed by atoms with Crippen LogP contribution in [0, 0.1) is 0 Å². The van der Waals surface area contributed by atoms with Gasteiger partial charge in [-0.05, 0) is 62.4 Å². The molecule has 1 aliphatic carbocycles. The lowest BCUT2D eigenvalue weighted by Gasteiger charge is -2.11. The van der Waals surface area contributed by atoms with Crippen molar-refractivity contribution >= 4 is 50.9 Å². The molecule has 0 saturated carbocycles. The number of hydrogen-bond acceptors (Lipinski definition) is 7. The fraction of sp³-hybridized carbons (Fsp3) is 0.391. The van der Waals surface area contributed by atoms with Crippen molar-refractivity contribution in [3.05, 3.63) is 50.6 Å². The smallest absolute Gasteiger partial charge is 0.338 e. The molecule has 1 amide bonds. The van der Waals surface area contributed by atoms with Crippen LogP contribution in [0.2, 0.25) is 0 Å². The molecule has 4 rings (SSSR count). The number of ether oxygens (including phenoxy) is 1. The number of benzene rings is 1. The molecular weight excluding hydrogens is 446 g/mol. The number of aryl methyl sites for hydroxylation is 2. The van der Waals surface area contributed by atoms with Crippen LogP contribution in [0.5, 0.6) is 0 Å². The molecule has 0 unspecified atom stereocenters. The largest absolute Gasteiger partial charge is 0.462 e. The maximum absolute atomic E-state index is 12.9. The molecule has 0 aliphatic heterocycles. The van der Waals surface area contributed by atoms with E-state index in [4.69, 9.17) is 9.72 Å². The molecule has 0 atom stereocenters. The van der Waals surface area contributed by atoms with E-state index in [-0.39, 0.29) is 23.9 Å². The van der Waals surface area contributed by atoms with Crippen molar-refractivity contribution in [1.82, 2.24) is 9.55 Å². The standard InChI is InChI=1S/C23H25N3O4S2/c1-3-30-22(29)14-8-10-15(11-9-14)24-18(27)12-13-31-23-25-20-19(21(28)26(23)2)16-6-4-5-7-17(16)32-20/h8-11H,3-7,12-13H2,1-2H3,(H,24,27). The van der Waals surface area contributed by atoms with Gasteiger partial charge in [0, 0.05) is 29.8 Å². The fourth-order valence-electron chi connectivity index (χ4n) is 3.76. The fourth-order valence-corrected chi connectivity index (χ4v) is 5.97. The molecular formula is C23H25N3O4S2. The number of aromatic nitrogens is 2. The van der Waals surface area contributed by atoms with E-state index in [9.17, 15) is 14.4 Å². The van der Waals surface area contributed by atoms with Gasteiger partial charge in [0.15, 0.2) is 5.16 Å². The highest BCUT2D eigenvalue weighted by molar-refractivity contribution is 7.99.